The van der Waals surface area contributed by atoms with Gasteiger partial charge in [0, 0.05) is 24.6 Å². The van der Waals surface area contributed by atoms with Crippen LogP contribution in [0.15, 0.2) is 12.1 Å². The molecule has 0 saturated heterocycles. The highest BCUT2D eigenvalue weighted by Crippen LogP contribution is 2.14. The van der Waals surface area contributed by atoms with Crippen LogP contribution in [0, 0.1) is 17.5 Å². The van der Waals surface area contributed by atoms with Gasteiger partial charge in [-0.25, -0.2) is 13.2 Å². The van der Waals surface area contributed by atoms with Crippen molar-refractivity contribution >= 4 is 17.5 Å². The minimum atomic E-state index is -1.24. The third kappa shape index (κ3) is 2.86. The smallest absolute Gasteiger partial charge is 0.257 e. The van der Waals surface area contributed by atoms with Crippen LogP contribution in [-0.4, -0.2) is 18.3 Å². The first-order chi connectivity index (χ1) is 7.06. The lowest BCUT2D eigenvalue weighted by Crippen LogP contribution is -2.27. The molecule has 1 N–H and O–H groups in total. The summed E-state index contributed by atoms with van der Waals surface area (Å²) in [7, 11) is 0. The van der Waals surface area contributed by atoms with Crippen LogP contribution in [0.3, 0.4) is 0 Å². The Labute approximate surface area is 89.0 Å². The molecular formula is C9H7ClF3NO. The largest absolute Gasteiger partial charge is 0.351 e. The van der Waals surface area contributed by atoms with E-state index in [-0.39, 0.29) is 12.4 Å². The Balaban J connectivity index is 2.98. The Kier molecular flexibility index (Phi) is 3.96. The average molecular weight is 238 g/mol. The van der Waals surface area contributed by atoms with Crippen molar-refractivity contribution in [2.45, 2.75) is 0 Å². The summed E-state index contributed by atoms with van der Waals surface area (Å²) in [5.41, 5.74) is -0.804. The zero-order valence-corrected chi connectivity index (χ0v) is 8.24. The molecule has 0 bridgehead atoms. The van der Waals surface area contributed by atoms with Crippen LogP contribution in [0.2, 0.25) is 0 Å². The summed E-state index contributed by atoms with van der Waals surface area (Å²) in [5.74, 6) is -4.38. The molecule has 0 fully saturated rings. The number of rotatable bonds is 3. The fourth-order valence-corrected chi connectivity index (χ4v) is 1.10. The van der Waals surface area contributed by atoms with E-state index in [1.807, 2.05) is 0 Å². The van der Waals surface area contributed by atoms with Crippen molar-refractivity contribution in [2.24, 2.45) is 0 Å². The number of carbonyl (C=O) groups excluding carboxylic acids is 1. The molecule has 0 unspecified atom stereocenters. The molecule has 0 atom stereocenters. The zero-order valence-electron chi connectivity index (χ0n) is 7.49. The van der Waals surface area contributed by atoms with E-state index in [0.717, 1.165) is 0 Å². The van der Waals surface area contributed by atoms with Gasteiger partial charge in [-0.1, -0.05) is 0 Å². The van der Waals surface area contributed by atoms with Crippen molar-refractivity contribution in [1.29, 1.82) is 0 Å². The first-order valence-corrected chi connectivity index (χ1v) is 4.58. The molecule has 1 amide bonds. The fourth-order valence-electron chi connectivity index (χ4n) is 1.01. The van der Waals surface area contributed by atoms with Gasteiger partial charge in [0.25, 0.3) is 5.91 Å². The molecule has 1 aromatic rings. The standard InChI is InChI=1S/C9H7ClF3NO/c10-1-2-14-9(15)8-6(12)3-5(11)4-7(8)13/h3-4H,1-2H2,(H,14,15). The van der Waals surface area contributed by atoms with Gasteiger partial charge < -0.3 is 5.32 Å². The van der Waals surface area contributed by atoms with Gasteiger partial charge in [0.2, 0.25) is 0 Å². The number of hydrogen-bond donors (Lipinski definition) is 1. The molecule has 0 aromatic heterocycles. The molecule has 1 rings (SSSR count). The summed E-state index contributed by atoms with van der Waals surface area (Å²) in [6, 6.07) is 0.886. The maximum absolute atomic E-state index is 13.0. The van der Waals surface area contributed by atoms with Crippen molar-refractivity contribution in [3.05, 3.63) is 35.1 Å². The van der Waals surface area contributed by atoms with E-state index >= 15 is 0 Å². The Morgan fingerprint density at radius 3 is 2.27 bits per heavy atom. The van der Waals surface area contributed by atoms with Crippen molar-refractivity contribution in [3.8, 4) is 0 Å². The predicted molar refractivity (Wildman–Crippen MR) is 49.4 cm³/mol. The van der Waals surface area contributed by atoms with Crippen LogP contribution >= 0.6 is 11.6 Å². The Morgan fingerprint density at radius 1 is 1.27 bits per heavy atom. The van der Waals surface area contributed by atoms with E-state index in [1.54, 1.807) is 0 Å². The van der Waals surface area contributed by atoms with Crippen LogP contribution < -0.4 is 5.32 Å². The molecular weight excluding hydrogens is 231 g/mol. The van der Waals surface area contributed by atoms with Crippen LogP contribution in [0.5, 0.6) is 0 Å². The van der Waals surface area contributed by atoms with Crippen molar-refractivity contribution in [3.63, 3.8) is 0 Å². The van der Waals surface area contributed by atoms with Gasteiger partial charge in [-0.15, -0.1) is 11.6 Å². The van der Waals surface area contributed by atoms with E-state index in [4.69, 9.17) is 11.6 Å². The van der Waals surface area contributed by atoms with E-state index in [1.165, 1.54) is 0 Å². The normalized spacial score (nSPS) is 10.1. The number of benzene rings is 1. The van der Waals surface area contributed by atoms with Gasteiger partial charge in [0.15, 0.2) is 0 Å². The highest BCUT2D eigenvalue weighted by Gasteiger charge is 2.18. The van der Waals surface area contributed by atoms with Crippen LogP contribution in [0.1, 0.15) is 10.4 Å². The Bertz CT molecular complexity index is 361. The first kappa shape index (κ1) is 11.8. The molecule has 0 saturated carbocycles. The number of carbonyl (C=O) groups is 1. The molecule has 2 nitrogen and oxygen atoms in total. The summed E-state index contributed by atoms with van der Waals surface area (Å²) in [5, 5.41) is 2.18. The summed E-state index contributed by atoms with van der Waals surface area (Å²) in [4.78, 5) is 11.2. The molecule has 0 heterocycles. The number of halogens is 4. The maximum Gasteiger partial charge on any atom is 0.257 e. The van der Waals surface area contributed by atoms with Crippen LogP contribution in [0.4, 0.5) is 13.2 Å². The van der Waals surface area contributed by atoms with Crippen LogP contribution in [-0.2, 0) is 0 Å². The maximum atomic E-state index is 13.0. The predicted octanol–water partition coefficient (Wildman–Crippen LogP) is 2.07. The highest BCUT2D eigenvalue weighted by molar-refractivity contribution is 6.18. The molecule has 0 aliphatic carbocycles. The average Bonchev–Trinajstić information content (AvgIpc) is 2.12. The fraction of sp³-hybridized carbons (Fsp3) is 0.222. The van der Waals surface area contributed by atoms with Gasteiger partial charge >= 0.3 is 0 Å². The molecule has 6 heteroatoms. The molecule has 1 aromatic carbocycles. The summed E-state index contributed by atoms with van der Waals surface area (Å²) in [6.45, 7) is 0.0800. The second kappa shape index (κ2) is 5.02. The lowest BCUT2D eigenvalue weighted by atomic mass is 10.2. The van der Waals surface area contributed by atoms with E-state index in [9.17, 15) is 18.0 Å². The summed E-state index contributed by atoms with van der Waals surface area (Å²) < 4.78 is 38.5. The second-order valence-corrected chi connectivity index (χ2v) is 3.07. The van der Waals surface area contributed by atoms with Gasteiger partial charge in [-0.2, -0.15) is 0 Å². The van der Waals surface area contributed by atoms with E-state index < -0.39 is 28.9 Å². The van der Waals surface area contributed by atoms with Crippen molar-refractivity contribution < 1.29 is 18.0 Å². The minimum absolute atomic E-state index is 0.0800. The van der Waals surface area contributed by atoms with Crippen molar-refractivity contribution in [2.75, 3.05) is 12.4 Å². The lowest BCUT2D eigenvalue weighted by Gasteiger charge is -2.05. The molecule has 82 valence electrons. The van der Waals surface area contributed by atoms with Gasteiger partial charge in [-0.05, 0) is 0 Å². The Morgan fingerprint density at radius 2 is 1.80 bits per heavy atom. The number of hydrogen-bond acceptors (Lipinski definition) is 1. The third-order valence-electron chi connectivity index (χ3n) is 1.61. The molecule has 0 aliphatic rings. The Hall–Kier alpha value is -1.23. The van der Waals surface area contributed by atoms with Gasteiger partial charge in [-0.3, -0.25) is 4.79 Å². The third-order valence-corrected chi connectivity index (χ3v) is 1.80. The lowest BCUT2D eigenvalue weighted by molar-refractivity contribution is 0.0947. The van der Waals surface area contributed by atoms with E-state index in [0.29, 0.717) is 12.1 Å². The topological polar surface area (TPSA) is 29.1 Å². The molecule has 15 heavy (non-hydrogen) atoms. The monoisotopic (exact) mass is 237 g/mol. The van der Waals surface area contributed by atoms with Gasteiger partial charge in [0.05, 0.1) is 0 Å². The van der Waals surface area contributed by atoms with Crippen molar-refractivity contribution in [1.82, 2.24) is 5.32 Å². The number of nitrogens with one attached hydrogen (secondary N) is 1. The molecule has 0 radical (unpaired) electrons. The SMILES string of the molecule is O=C(NCCCl)c1c(F)cc(F)cc1F. The highest BCUT2D eigenvalue weighted by atomic mass is 35.5. The second-order valence-electron chi connectivity index (χ2n) is 2.69. The number of amides is 1. The molecule has 0 spiro atoms. The summed E-state index contributed by atoms with van der Waals surface area (Å²) >= 11 is 5.28. The molecule has 0 aliphatic heterocycles. The number of alkyl halides is 1. The quantitative estimate of drug-likeness (QED) is 0.802. The van der Waals surface area contributed by atoms with Crippen LogP contribution in [0.25, 0.3) is 0 Å². The zero-order chi connectivity index (χ0) is 11.4. The van der Waals surface area contributed by atoms with Gasteiger partial charge in [0.1, 0.15) is 23.0 Å². The summed E-state index contributed by atoms with van der Waals surface area (Å²) in [6.07, 6.45) is 0. The minimum Gasteiger partial charge on any atom is -0.351 e. The van der Waals surface area contributed by atoms with E-state index in [2.05, 4.69) is 5.32 Å². The first-order valence-electron chi connectivity index (χ1n) is 4.05.